The first-order chi connectivity index (χ1) is 6.41. The van der Waals surface area contributed by atoms with Crippen LogP contribution >= 0.6 is 0 Å². The van der Waals surface area contributed by atoms with E-state index < -0.39 is 0 Å². The second kappa shape index (κ2) is 4.65. The first kappa shape index (κ1) is 12.0. The molecule has 0 amide bonds. The predicted octanol–water partition coefficient (Wildman–Crippen LogP) is 3.30. The highest BCUT2D eigenvalue weighted by molar-refractivity contribution is 4.89. The molecule has 1 aliphatic carbocycles. The van der Waals surface area contributed by atoms with Gasteiger partial charge in [-0.15, -0.1) is 0 Å². The van der Waals surface area contributed by atoms with Gasteiger partial charge < -0.3 is 5.32 Å². The minimum atomic E-state index is 0.516. The van der Waals surface area contributed by atoms with Crippen molar-refractivity contribution in [1.82, 2.24) is 5.32 Å². The lowest BCUT2D eigenvalue weighted by Crippen LogP contribution is -2.42. The minimum absolute atomic E-state index is 0.516. The predicted molar refractivity (Wildman–Crippen MR) is 63.4 cm³/mol. The van der Waals surface area contributed by atoms with Crippen LogP contribution in [0.2, 0.25) is 0 Å². The van der Waals surface area contributed by atoms with Gasteiger partial charge in [-0.05, 0) is 49.1 Å². The summed E-state index contributed by atoms with van der Waals surface area (Å²) in [6.07, 6.45) is 2.88. The van der Waals surface area contributed by atoms with Gasteiger partial charge in [0.25, 0.3) is 0 Å². The van der Waals surface area contributed by atoms with E-state index in [9.17, 15) is 0 Å². The summed E-state index contributed by atoms with van der Waals surface area (Å²) in [4.78, 5) is 0. The third-order valence-electron chi connectivity index (χ3n) is 3.49. The van der Waals surface area contributed by atoms with Gasteiger partial charge in [0.2, 0.25) is 0 Å². The van der Waals surface area contributed by atoms with E-state index in [-0.39, 0.29) is 0 Å². The van der Waals surface area contributed by atoms with Gasteiger partial charge in [0, 0.05) is 0 Å². The molecule has 0 aromatic carbocycles. The molecule has 1 nitrogen and oxygen atoms in total. The number of hydrogen-bond donors (Lipinski definition) is 1. The molecule has 2 unspecified atom stereocenters. The molecule has 0 aromatic rings. The van der Waals surface area contributed by atoms with Crippen molar-refractivity contribution in [1.29, 1.82) is 0 Å². The second-order valence-electron chi connectivity index (χ2n) is 6.36. The summed E-state index contributed by atoms with van der Waals surface area (Å²) in [7, 11) is 0. The minimum Gasteiger partial charge on any atom is -0.316 e. The summed E-state index contributed by atoms with van der Waals surface area (Å²) in [5.41, 5.74) is 0.516. The van der Waals surface area contributed by atoms with E-state index in [0.29, 0.717) is 5.41 Å². The Bertz CT molecular complexity index is 167. The van der Waals surface area contributed by atoms with Gasteiger partial charge >= 0.3 is 0 Å². The van der Waals surface area contributed by atoms with Gasteiger partial charge in [-0.2, -0.15) is 0 Å². The molecular formula is C13H27N. The summed E-state index contributed by atoms with van der Waals surface area (Å²) in [5, 5.41) is 3.59. The van der Waals surface area contributed by atoms with Crippen molar-refractivity contribution < 1.29 is 0 Å². The van der Waals surface area contributed by atoms with Gasteiger partial charge in [0.15, 0.2) is 0 Å². The molecule has 0 heterocycles. The second-order valence-corrected chi connectivity index (χ2v) is 6.36. The molecule has 14 heavy (non-hydrogen) atoms. The summed E-state index contributed by atoms with van der Waals surface area (Å²) >= 11 is 0. The maximum absolute atomic E-state index is 3.59. The first-order valence-electron chi connectivity index (χ1n) is 6.12. The van der Waals surface area contributed by atoms with Crippen LogP contribution in [-0.4, -0.2) is 13.1 Å². The van der Waals surface area contributed by atoms with Crippen molar-refractivity contribution in [3.63, 3.8) is 0 Å². The van der Waals surface area contributed by atoms with E-state index >= 15 is 0 Å². The van der Waals surface area contributed by atoms with Crippen molar-refractivity contribution in [2.75, 3.05) is 13.1 Å². The van der Waals surface area contributed by atoms with Gasteiger partial charge in [-0.1, -0.05) is 34.6 Å². The molecular weight excluding hydrogens is 170 g/mol. The van der Waals surface area contributed by atoms with E-state index in [0.717, 1.165) is 17.8 Å². The van der Waals surface area contributed by atoms with Gasteiger partial charge in [0.05, 0.1) is 0 Å². The van der Waals surface area contributed by atoms with Crippen LogP contribution in [0, 0.1) is 23.2 Å². The van der Waals surface area contributed by atoms with E-state index in [2.05, 4.69) is 39.9 Å². The zero-order chi connectivity index (χ0) is 10.8. The molecule has 1 N–H and O–H groups in total. The molecule has 2 atom stereocenters. The van der Waals surface area contributed by atoms with Crippen LogP contribution in [0.25, 0.3) is 0 Å². The maximum atomic E-state index is 3.59. The summed E-state index contributed by atoms with van der Waals surface area (Å²) in [5.74, 6) is 2.67. The van der Waals surface area contributed by atoms with Crippen LogP contribution in [0.1, 0.15) is 47.5 Å². The lowest BCUT2D eigenvalue weighted by Gasteiger charge is -2.45. The van der Waals surface area contributed by atoms with Crippen molar-refractivity contribution in [3.05, 3.63) is 0 Å². The lowest BCUT2D eigenvalue weighted by atomic mass is 9.61. The molecule has 0 spiro atoms. The number of hydrogen-bond acceptors (Lipinski definition) is 1. The number of rotatable bonds is 4. The highest BCUT2D eigenvalue weighted by atomic mass is 14.9. The normalized spacial score (nSPS) is 27.9. The Morgan fingerprint density at radius 3 is 2.21 bits per heavy atom. The Kier molecular flexibility index (Phi) is 4.00. The van der Waals surface area contributed by atoms with Crippen molar-refractivity contribution in [3.8, 4) is 0 Å². The SMILES string of the molecule is CC(C)CNCC1CCC1C(C)(C)C. The van der Waals surface area contributed by atoms with E-state index in [4.69, 9.17) is 0 Å². The molecule has 0 radical (unpaired) electrons. The Morgan fingerprint density at radius 2 is 1.86 bits per heavy atom. The Labute approximate surface area is 89.7 Å². The summed E-state index contributed by atoms with van der Waals surface area (Å²) in [6, 6.07) is 0. The fourth-order valence-corrected chi connectivity index (χ4v) is 2.51. The quantitative estimate of drug-likeness (QED) is 0.729. The van der Waals surface area contributed by atoms with Gasteiger partial charge in [0.1, 0.15) is 0 Å². The van der Waals surface area contributed by atoms with Crippen LogP contribution in [0.3, 0.4) is 0 Å². The first-order valence-corrected chi connectivity index (χ1v) is 6.12. The van der Waals surface area contributed by atoms with E-state index in [1.165, 1.54) is 25.9 Å². The molecule has 1 saturated carbocycles. The zero-order valence-corrected chi connectivity index (χ0v) is 10.6. The van der Waals surface area contributed by atoms with Crippen LogP contribution < -0.4 is 5.32 Å². The third-order valence-corrected chi connectivity index (χ3v) is 3.49. The fourth-order valence-electron chi connectivity index (χ4n) is 2.51. The maximum Gasteiger partial charge on any atom is -0.00176 e. The third kappa shape index (κ3) is 3.27. The van der Waals surface area contributed by atoms with Crippen molar-refractivity contribution in [2.24, 2.45) is 23.2 Å². The largest absolute Gasteiger partial charge is 0.316 e. The molecule has 0 aromatic heterocycles. The molecule has 84 valence electrons. The highest BCUT2D eigenvalue weighted by Gasteiger charge is 2.38. The summed E-state index contributed by atoms with van der Waals surface area (Å²) < 4.78 is 0. The molecule has 1 aliphatic rings. The highest BCUT2D eigenvalue weighted by Crippen LogP contribution is 2.45. The van der Waals surface area contributed by atoms with Crippen LogP contribution in [0.4, 0.5) is 0 Å². The average molecular weight is 197 g/mol. The Balaban J connectivity index is 2.20. The summed E-state index contributed by atoms with van der Waals surface area (Å²) in [6.45, 7) is 14.1. The molecule has 0 aliphatic heterocycles. The topological polar surface area (TPSA) is 12.0 Å². The van der Waals surface area contributed by atoms with Gasteiger partial charge in [-0.25, -0.2) is 0 Å². The average Bonchev–Trinajstić information content (AvgIpc) is 1.91. The van der Waals surface area contributed by atoms with E-state index in [1.54, 1.807) is 0 Å². The Morgan fingerprint density at radius 1 is 1.21 bits per heavy atom. The molecule has 1 rings (SSSR count). The zero-order valence-electron chi connectivity index (χ0n) is 10.6. The molecule has 0 saturated heterocycles. The van der Waals surface area contributed by atoms with Crippen LogP contribution in [0.15, 0.2) is 0 Å². The number of nitrogens with one attached hydrogen (secondary N) is 1. The Hall–Kier alpha value is -0.0400. The molecule has 1 heteroatoms. The van der Waals surface area contributed by atoms with Gasteiger partial charge in [-0.3, -0.25) is 0 Å². The fraction of sp³-hybridized carbons (Fsp3) is 1.00. The van der Waals surface area contributed by atoms with Crippen LogP contribution in [-0.2, 0) is 0 Å². The standard InChI is InChI=1S/C13H27N/c1-10(2)8-14-9-11-6-7-12(11)13(3,4)5/h10-12,14H,6-9H2,1-5H3. The molecule has 1 fully saturated rings. The lowest BCUT2D eigenvalue weighted by molar-refractivity contribution is 0.0557. The monoisotopic (exact) mass is 197 g/mol. The van der Waals surface area contributed by atoms with Crippen molar-refractivity contribution in [2.45, 2.75) is 47.5 Å². The molecule has 0 bridgehead atoms. The van der Waals surface area contributed by atoms with E-state index in [1.807, 2.05) is 0 Å². The smallest absolute Gasteiger partial charge is 0.00176 e. The van der Waals surface area contributed by atoms with Crippen LogP contribution in [0.5, 0.6) is 0 Å². The van der Waals surface area contributed by atoms with Crippen molar-refractivity contribution >= 4 is 0 Å².